The summed E-state index contributed by atoms with van der Waals surface area (Å²) in [6.07, 6.45) is 0. The van der Waals surface area contributed by atoms with Gasteiger partial charge in [0.05, 0.1) is 12.8 Å². The first-order valence-corrected chi connectivity index (χ1v) is 9.01. The summed E-state index contributed by atoms with van der Waals surface area (Å²) in [6.45, 7) is 2.57. The van der Waals surface area contributed by atoms with Gasteiger partial charge in [0.15, 0.2) is 5.13 Å². The van der Waals surface area contributed by atoms with E-state index in [1.54, 1.807) is 24.5 Å². The van der Waals surface area contributed by atoms with Crippen molar-refractivity contribution in [3.05, 3.63) is 57.4 Å². The molecule has 0 fully saturated rings. The summed E-state index contributed by atoms with van der Waals surface area (Å²) in [5.41, 5.74) is 2.84. The molecule has 0 atom stereocenters. The molecular weight excluding hydrogens is 388 g/mol. The fourth-order valence-electron chi connectivity index (χ4n) is 2.36. The zero-order chi connectivity index (χ0) is 17.1. The van der Waals surface area contributed by atoms with E-state index in [1.165, 1.54) is 0 Å². The lowest BCUT2D eigenvalue weighted by molar-refractivity contribution is 0.415. The Labute approximate surface area is 153 Å². The summed E-state index contributed by atoms with van der Waals surface area (Å²) in [4.78, 5) is 5.82. The monoisotopic (exact) mass is 404 g/mol. The highest BCUT2D eigenvalue weighted by atomic mass is 79.9. The predicted molar refractivity (Wildman–Crippen MR) is 102 cm³/mol. The van der Waals surface area contributed by atoms with Crippen LogP contribution in [-0.4, -0.2) is 17.2 Å². The highest BCUT2D eigenvalue weighted by molar-refractivity contribution is 9.10. The third-order valence-corrected chi connectivity index (χ3v) is 5.05. The van der Waals surface area contributed by atoms with Crippen molar-refractivity contribution in [2.75, 3.05) is 12.4 Å². The van der Waals surface area contributed by atoms with E-state index in [0.717, 1.165) is 37.1 Å². The predicted octanol–water partition coefficient (Wildman–Crippen LogP) is 5.21. The lowest BCUT2D eigenvalue weighted by Crippen LogP contribution is -1.99. The Balaban J connectivity index is 1.77. The molecule has 6 heteroatoms. The number of aromatic nitrogens is 1. The number of thiazole rings is 1. The van der Waals surface area contributed by atoms with Gasteiger partial charge in [-0.15, -0.1) is 11.3 Å². The van der Waals surface area contributed by atoms with Crippen LogP contribution in [-0.2, 0) is 6.54 Å². The Morgan fingerprint density at radius 1 is 1.21 bits per heavy atom. The molecule has 2 aromatic carbocycles. The summed E-state index contributed by atoms with van der Waals surface area (Å²) in [5.74, 6) is 1.10. The van der Waals surface area contributed by atoms with Gasteiger partial charge in [0, 0.05) is 27.0 Å². The number of anilines is 1. The van der Waals surface area contributed by atoms with Crippen molar-refractivity contribution in [3.63, 3.8) is 0 Å². The first kappa shape index (κ1) is 16.8. The number of aromatic hydroxyl groups is 1. The molecule has 3 aromatic rings. The van der Waals surface area contributed by atoms with Crippen LogP contribution in [0.4, 0.5) is 5.13 Å². The van der Waals surface area contributed by atoms with Crippen LogP contribution in [0, 0.1) is 6.92 Å². The van der Waals surface area contributed by atoms with Crippen molar-refractivity contribution in [3.8, 4) is 22.8 Å². The number of benzene rings is 2. The van der Waals surface area contributed by atoms with Crippen LogP contribution in [0.3, 0.4) is 0 Å². The maximum Gasteiger partial charge on any atom is 0.183 e. The van der Waals surface area contributed by atoms with Crippen LogP contribution in [0.25, 0.3) is 11.3 Å². The van der Waals surface area contributed by atoms with Crippen LogP contribution >= 0.6 is 27.3 Å². The molecule has 0 saturated heterocycles. The largest absolute Gasteiger partial charge is 0.508 e. The Kier molecular flexibility index (Phi) is 5.06. The van der Waals surface area contributed by atoms with E-state index in [-0.39, 0.29) is 5.75 Å². The van der Waals surface area contributed by atoms with E-state index in [0.29, 0.717) is 6.54 Å². The van der Waals surface area contributed by atoms with Gasteiger partial charge in [-0.1, -0.05) is 15.9 Å². The number of phenols is 1. The second-order valence-electron chi connectivity index (χ2n) is 5.28. The number of hydrogen-bond acceptors (Lipinski definition) is 5. The number of ether oxygens (including phenoxy) is 1. The van der Waals surface area contributed by atoms with Crippen LogP contribution in [0.15, 0.2) is 46.9 Å². The first-order valence-electron chi connectivity index (χ1n) is 7.40. The quantitative estimate of drug-likeness (QED) is 0.612. The molecule has 0 radical (unpaired) electrons. The van der Waals surface area contributed by atoms with Gasteiger partial charge in [-0.05, 0) is 49.4 Å². The SMILES string of the molecule is COc1ccc(-c2nc(NCc3cc(Br)ccc3O)sc2C)cc1. The van der Waals surface area contributed by atoms with Crippen molar-refractivity contribution in [2.45, 2.75) is 13.5 Å². The van der Waals surface area contributed by atoms with Gasteiger partial charge in [-0.3, -0.25) is 0 Å². The molecule has 0 unspecified atom stereocenters. The van der Waals surface area contributed by atoms with Gasteiger partial charge in [0.2, 0.25) is 0 Å². The maximum atomic E-state index is 9.91. The normalized spacial score (nSPS) is 10.6. The zero-order valence-corrected chi connectivity index (χ0v) is 15.7. The van der Waals surface area contributed by atoms with Crippen molar-refractivity contribution in [2.24, 2.45) is 0 Å². The van der Waals surface area contributed by atoms with E-state index < -0.39 is 0 Å². The molecule has 0 amide bonds. The molecule has 1 heterocycles. The van der Waals surface area contributed by atoms with Crippen LogP contribution in [0.2, 0.25) is 0 Å². The summed E-state index contributed by atoms with van der Waals surface area (Å²) >= 11 is 5.02. The van der Waals surface area contributed by atoms with E-state index >= 15 is 0 Å². The Morgan fingerprint density at radius 2 is 1.96 bits per heavy atom. The number of methoxy groups -OCH3 is 1. The van der Waals surface area contributed by atoms with Gasteiger partial charge in [0.1, 0.15) is 11.5 Å². The molecule has 124 valence electrons. The van der Waals surface area contributed by atoms with Gasteiger partial charge >= 0.3 is 0 Å². The highest BCUT2D eigenvalue weighted by Gasteiger charge is 2.11. The molecule has 0 bridgehead atoms. The van der Waals surface area contributed by atoms with E-state index in [9.17, 15) is 5.11 Å². The molecule has 4 nitrogen and oxygen atoms in total. The van der Waals surface area contributed by atoms with Crippen molar-refractivity contribution < 1.29 is 9.84 Å². The summed E-state index contributed by atoms with van der Waals surface area (Å²) in [7, 11) is 1.66. The second kappa shape index (κ2) is 7.23. The summed E-state index contributed by atoms with van der Waals surface area (Å²) < 4.78 is 6.13. The zero-order valence-electron chi connectivity index (χ0n) is 13.3. The molecule has 24 heavy (non-hydrogen) atoms. The lowest BCUT2D eigenvalue weighted by Gasteiger charge is -2.06. The number of rotatable bonds is 5. The third-order valence-electron chi connectivity index (χ3n) is 3.63. The van der Waals surface area contributed by atoms with Gasteiger partial charge in [-0.25, -0.2) is 4.98 Å². The summed E-state index contributed by atoms with van der Waals surface area (Å²) in [6, 6.07) is 13.3. The smallest absolute Gasteiger partial charge is 0.183 e. The average Bonchev–Trinajstić information content (AvgIpc) is 2.96. The molecular formula is C18H17BrN2O2S. The minimum absolute atomic E-state index is 0.273. The molecule has 0 aliphatic carbocycles. The van der Waals surface area contributed by atoms with Gasteiger partial charge in [-0.2, -0.15) is 0 Å². The molecule has 0 aliphatic rings. The molecule has 2 N–H and O–H groups in total. The maximum absolute atomic E-state index is 9.91. The van der Waals surface area contributed by atoms with Crippen molar-refractivity contribution >= 4 is 32.4 Å². The van der Waals surface area contributed by atoms with E-state index in [4.69, 9.17) is 4.74 Å². The van der Waals surface area contributed by atoms with Gasteiger partial charge < -0.3 is 15.2 Å². The van der Waals surface area contributed by atoms with Crippen molar-refractivity contribution in [1.82, 2.24) is 4.98 Å². The summed E-state index contributed by atoms with van der Waals surface area (Å²) in [5, 5.41) is 14.0. The number of nitrogens with one attached hydrogen (secondary N) is 1. The lowest BCUT2D eigenvalue weighted by atomic mass is 10.1. The Hall–Kier alpha value is -2.05. The van der Waals surface area contributed by atoms with Crippen molar-refractivity contribution in [1.29, 1.82) is 0 Å². The van der Waals surface area contributed by atoms with Crippen LogP contribution in [0.1, 0.15) is 10.4 Å². The highest BCUT2D eigenvalue weighted by Crippen LogP contribution is 2.32. The van der Waals surface area contributed by atoms with Gasteiger partial charge in [0.25, 0.3) is 0 Å². The molecule has 0 spiro atoms. The number of hydrogen-bond donors (Lipinski definition) is 2. The topological polar surface area (TPSA) is 54.4 Å². The molecule has 3 rings (SSSR count). The average molecular weight is 405 g/mol. The fraction of sp³-hybridized carbons (Fsp3) is 0.167. The Morgan fingerprint density at radius 3 is 2.67 bits per heavy atom. The molecule has 0 saturated carbocycles. The first-order chi connectivity index (χ1) is 11.6. The van der Waals surface area contributed by atoms with Crippen LogP contribution < -0.4 is 10.1 Å². The Bertz CT molecular complexity index is 847. The third kappa shape index (κ3) is 3.71. The molecule has 0 aliphatic heterocycles. The fourth-order valence-corrected chi connectivity index (χ4v) is 3.60. The number of phenolic OH excluding ortho intramolecular Hbond substituents is 1. The minimum atomic E-state index is 0.273. The van der Waals surface area contributed by atoms with Crippen LogP contribution in [0.5, 0.6) is 11.5 Å². The molecule has 1 aromatic heterocycles. The number of nitrogens with zero attached hydrogens (tertiary/aromatic N) is 1. The number of halogens is 1. The minimum Gasteiger partial charge on any atom is -0.508 e. The van der Waals surface area contributed by atoms with E-state index in [2.05, 4.69) is 33.2 Å². The second-order valence-corrected chi connectivity index (χ2v) is 7.40. The van der Waals surface area contributed by atoms with E-state index in [1.807, 2.05) is 36.4 Å². The standard InChI is InChI=1S/C18H17BrN2O2S/c1-11-17(12-3-6-15(23-2)7-4-12)21-18(24-11)20-10-13-9-14(19)5-8-16(13)22/h3-9,22H,10H2,1-2H3,(H,20,21). The number of aryl methyl sites for hydroxylation is 1.